The molecule has 0 aromatic heterocycles. The Labute approximate surface area is 174 Å². The Morgan fingerprint density at radius 1 is 1.23 bits per heavy atom. The highest BCUT2D eigenvalue weighted by molar-refractivity contribution is 6.11. The van der Waals surface area contributed by atoms with Gasteiger partial charge in [-0.2, -0.15) is 0 Å². The summed E-state index contributed by atoms with van der Waals surface area (Å²) in [5, 5.41) is 2.82. The molecule has 7 nitrogen and oxygen atoms in total. The summed E-state index contributed by atoms with van der Waals surface area (Å²) in [7, 11) is 0. The fourth-order valence-corrected chi connectivity index (χ4v) is 4.10. The van der Waals surface area contributed by atoms with E-state index in [1.165, 1.54) is 4.90 Å². The summed E-state index contributed by atoms with van der Waals surface area (Å²) in [5.74, 6) is -0.0356. The van der Waals surface area contributed by atoms with Crippen LogP contribution in [0, 0.1) is 0 Å². The zero-order valence-corrected chi connectivity index (χ0v) is 16.8. The van der Waals surface area contributed by atoms with E-state index in [4.69, 9.17) is 4.74 Å². The van der Waals surface area contributed by atoms with Gasteiger partial charge in [0.2, 0.25) is 11.8 Å². The quantitative estimate of drug-likeness (QED) is 0.749. The molecular formula is C23H23N3O4. The second kappa shape index (κ2) is 7.67. The van der Waals surface area contributed by atoms with Crippen LogP contribution < -0.4 is 15.0 Å². The zero-order valence-electron chi connectivity index (χ0n) is 16.8. The maximum Gasteiger partial charge on any atom is 0.258 e. The number of carbonyl (C=O) groups is 3. The van der Waals surface area contributed by atoms with Gasteiger partial charge in [-0.25, -0.2) is 0 Å². The van der Waals surface area contributed by atoms with Gasteiger partial charge in [0.15, 0.2) is 0 Å². The molecule has 1 atom stereocenters. The molecule has 2 aromatic carbocycles. The lowest BCUT2D eigenvalue weighted by molar-refractivity contribution is -0.120. The molecule has 0 spiro atoms. The maximum atomic E-state index is 13.2. The Balaban J connectivity index is 1.57. The molecule has 1 saturated heterocycles. The fourth-order valence-electron chi connectivity index (χ4n) is 4.10. The lowest BCUT2D eigenvalue weighted by Crippen LogP contribution is -2.63. The molecule has 2 aliphatic rings. The summed E-state index contributed by atoms with van der Waals surface area (Å²) in [6.07, 6.45) is 2.45. The van der Waals surface area contributed by atoms with Crippen LogP contribution in [0.4, 0.5) is 11.4 Å². The largest absolute Gasteiger partial charge is 0.489 e. The number of hydrogen-bond acceptors (Lipinski definition) is 4. The number of hydrogen-bond donors (Lipinski definition) is 1. The summed E-state index contributed by atoms with van der Waals surface area (Å²) >= 11 is 0. The summed E-state index contributed by atoms with van der Waals surface area (Å²) in [5.41, 5.74) is 0.736. The molecular weight excluding hydrogens is 382 g/mol. The van der Waals surface area contributed by atoms with Crippen LogP contribution in [-0.4, -0.2) is 41.4 Å². The van der Waals surface area contributed by atoms with Crippen LogP contribution >= 0.6 is 0 Å². The average molecular weight is 405 g/mol. The van der Waals surface area contributed by atoms with E-state index < -0.39 is 5.66 Å². The van der Waals surface area contributed by atoms with Crippen LogP contribution in [0.25, 0.3) is 0 Å². The van der Waals surface area contributed by atoms with E-state index in [1.807, 2.05) is 13.0 Å². The van der Waals surface area contributed by atoms with Gasteiger partial charge in [0.05, 0.1) is 11.3 Å². The highest BCUT2D eigenvalue weighted by Gasteiger charge is 2.53. The molecule has 30 heavy (non-hydrogen) atoms. The SMILES string of the molecule is C=CCOc1cccc(NC(=O)CN2C(=O)c3ccccc3N3C(=O)CCC23C)c1. The van der Waals surface area contributed by atoms with Gasteiger partial charge in [-0.15, -0.1) is 0 Å². The summed E-state index contributed by atoms with van der Waals surface area (Å²) in [6, 6.07) is 14.0. The minimum absolute atomic E-state index is 0.0464. The van der Waals surface area contributed by atoms with Crippen molar-refractivity contribution >= 4 is 29.1 Å². The number of para-hydroxylation sites is 1. The van der Waals surface area contributed by atoms with Crippen LogP contribution in [-0.2, 0) is 9.59 Å². The molecule has 1 N–H and O–H groups in total. The third kappa shape index (κ3) is 3.32. The number of amides is 3. The van der Waals surface area contributed by atoms with Gasteiger partial charge in [-0.3, -0.25) is 19.3 Å². The first kappa shape index (κ1) is 19.7. The molecule has 2 aromatic rings. The van der Waals surface area contributed by atoms with Crippen molar-refractivity contribution in [1.82, 2.24) is 4.90 Å². The number of nitrogens with zero attached hydrogens (tertiary/aromatic N) is 2. The van der Waals surface area contributed by atoms with Gasteiger partial charge in [-0.05, 0) is 37.6 Å². The smallest absolute Gasteiger partial charge is 0.258 e. The van der Waals surface area contributed by atoms with Crippen LogP contribution in [0.1, 0.15) is 30.1 Å². The van der Waals surface area contributed by atoms with Crippen molar-refractivity contribution in [3.63, 3.8) is 0 Å². The van der Waals surface area contributed by atoms with Crippen LogP contribution in [0.3, 0.4) is 0 Å². The first-order chi connectivity index (χ1) is 14.4. The lowest BCUT2D eigenvalue weighted by Gasteiger charge is -2.48. The normalized spacial score (nSPS) is 19.9. The molecule has 7 heteroatoms. The first-order valence-electron chi connectivity index (χ1n) is 9.82. The molecule has 154 valence electrons. The minimum atomic E-state index is -0.866. The Morgan fingerprint density at radius 2 is 2.03 bits per heavy atom. The predicted molar refractivity (Wildman–Crippen MR) is 113 cm³/mol. The Bertz CT molecular complexity index is 1030. The number of fused-ring (bicyclic) bond motifs is 3. The molecule has 3 amide bonds. The number of ether oxygens (including phenoxy) is 1. The van der Waals surface area contributed by atoms with E-state index in [1.54, 1.807) is 53.4 Å². The standard InChI is InChI=1S/C23H23N3O4/c1-3-13-30-17-8-6-7-16(14-17)24-20(27)15-25-22(29)18-9-4-5-10-19(18)26-21(28)11-12-23(25,26)2/h3-10,14H,1,11-13,15H2,2H3,(H,24,27). The van der Waals surface area contributed by atoms with Crippen molar-refractivity contribution in [3.8, 4) is 5.75 Å². The van der Waals surface area contributed by atoms with E-state index in [0.29, 0.717) is 42.1 Å². The van der Waals surface area contributed by atoms with E-state index in [2.05, 4.69) is 11.9 Å². The molecule has 1 fully saturated rings. The zero-order chi connectivity index (χ0) is 21.3. The molecule has 0 saturated carbocycles. The first-order valence-corrected chi connectivity index (χ1v) is 9.82. The number of carbonyl (C=O) groups excluding carboxylic acids is 3. The maximum absolute atomic E-state index is 13.2. The molecule has 0 radical (unpaired) electrons. The minimum Gasteiger partial charge on any atom is -0.489 e. The van der Waals surface area contributed by atoms with Gasteiger partial charge in [0, 0.05) is 18.2 Å². The Morgan fingerprint density at radius 3 is 2.83 bits per heavy atom. The van der Waals surface area contributed by atoms with Crippen molar-refractivity contribution in [2.75, 3.05) is 23.4 Å². The Hall–Kier alpha value is -3.61. The second-order valence-corrected chi connectivity index (χ2v) is 7.53. The fraction of sp³-hybridized carbons (Fsp3) is 0.261. The van der Waals surface area contributed by atoms with E-state index >= 15 is 0 Å². The van der Waals surface area contributed by atoms with E-state index in [-0.39, 0.29) is 24.3 Å². The van der Waals surface area contributed by atoms with E-state index in [0.717, 1.165) is 0 Å². The van der Waals surface area contributed by atoms with Crippen LogP contribution in [0.15, 0.2) is 61.2 Å². The van der Waals surface area contributed by atoms with Crippen molar-refractivity contribution in [3.05, 3.63) is 66.7 Å². The molecule has 1 unspecified atom stereocenters. The summed E-state index contributed by atoms with van der Waals surface area (Å²) in [6.45, 7) is 5.65. The topological polar surface area (TPSA) is 79.0 Å². The van der Waals surface area contributed by atoms with Gasteiger partial charge in [-0.1, -0.05) is 30.9 Å². The number of benzene rings is 2. The third-order valence-corrected chi connectivity index (χ3v) is 5.53. The van der Waals surface area contributed by atoms with Crippen molar-refractivity contribution in [2.24, 2.45) is 0 Å². The predicted octanol–water partition coefficient (Wildman–Crippen LogP) is 3.19. The van der Waals surface area contributed by atoms with Gasteiger partial charge >= 0.3 is 0 Å². The van der Waals surface area contributed by atoms with Crippen molar-refractivity contribution in [2.45, 2.75) is 25.4 Å². The highest BCUT2D eigenvalue weighted by Crippen LogP contribution is 2.43. The number of anilines is 2. The van der Waals surface area contributed by atoms with E-state index in [9.17, 15) is 14.4 Å². The molecule has 0 bridgehead atoms. The molecule has 0 aliphatic carbocycles. The lowest BCUT2D eigenvalue weighted by atomic mass is 9.98. The van der Waals surface area contributed by atoms with Gasteiger partial charge < -0.3 is 15.0 Å². The van der Waals surface area contributed by atoms with Gasteiger partial charge in [0.25, 0.3) is 5.91 Å². The van der Waals surface area contributed by atoms with Gasteiger partial charge in [0.1, 0.15) is 24.6 Å². The second-order valence-electron chi connectivity index (χ2n) is 7.53. The average Bonchev–Trinajstić information content (AvgIpc) is 3.05. The summed E-state index contributed by atoms with van der Waals surface area (Å²) < 4.78 is 5.49. The number of rotatable bonds is 6. The Kier molecular flexibility index (Phi) is 5.03. The monoisotopic (exact) mass is 405 g/mol. The van der Waals surface area contributed by atoms with Crippen LogP contribution in [0.5, 0.6) is 5.75 Å². The number of nitrogens with one attached hydrogen (secondary N) is 1. The van der Waals surface area contributed by atoms with Crippen molar-refractivity contribution in [1.29, 1.82) is 0 Å². The third-order valence-electron chi connectivity index (χ3n) is 5.53. The molecule has 2 heterocycles. The molecule has 4 rings (SSSR count). The molecule has 2 aliphatic heterocycles. The highest BCUT2D eigenvalue weighted by atomic mass is 16.5. The summed E-state index contributed by atoms with van der Waals surface area (Å²) in [4.78, 5) is 41.8. The van der Waals surface area contributed by atoms with Crippen LogP contribution in [0.2, 0.25) is 0 Å². The van der Waals surface area contributed by atoms with Crippen molar-refractivity contribution < 1.29 is 19.1 Å².